The summed E-state index contributed by atoms with van der Waals surface area (Å²) in [5, 5.41) is 17.4. The van der Waals surface area contributed by atoms with Gasteiger partial charge in [-0.1, -0.05) is 76.2 Å². The van der Waals surface area contributed by atoms with Gasteiger partial charge in [0.1, 0.15) is 17.9 Å². The van der Waals surface area contributed by atoms with Gasteiger partial charge in [-0.25, -0.2) is 14.6 Å². The van der Waals surface area contributed by atoms with E-state index < -0.39 is 30.3 Å². The Balaban J connectivity index is 0.938. The number of ether oxygens (including phenoxy) is 2. The zero-order chi connectivity index (χ0) is 43.8. The lowest BCUT2D eigenvalue weighted by Gasteiger charge is -2.38. The quantitative estimate of drug-likeness (QED) is 0.138. The van der Waals surface area contributed by atoms with Crippen LogP contribution in [-0.2, 0) is 19.1 Å². The number of carbonyl (C=O) groups excluding carboxylic acids is 4. The molecule has 322 valence electrons. The number of nitrogens with zero attached hydrogens (tertiary/aromatic N) is 5. The van der Waals surface area contributed by atoms with Crippen molar-refractivity contribution in [1.29, 1.82) is 5.26 Å². The minimum absolute atomic E-state index is 0.0606. The first kappa shape index (κ1) is 42.2. The second-order valence-corrected chi connectivity index (χ2v) is 17.7. The van der Waals surface area contributed by atoms with Crippen molar-refractivity contribution in [3.63, 3.8) is 0 Å². The van der Waals surface area contributed by atoms with Crippen molar-refractivity contribution >= 4 is 46.1 Å². The number of carbonyl (C=O) groups is 4. The number of methoxy groups -OCH3 is 2. The Hall–Kier alpha value is -6.49. The molecule has 1 aliphatic carbocycles. The number of aromatic amines is 1. The lowest BCUT2D eigenvalue weighted by Crippen LogP contribution is -2.57. The summed E-state index contributed by atoms with van der Waals surface area (Å²) in [6.45, 7) is 7.83. The van der Waals surface area contributed by atoms with Gasteiger partial charge >= 0.3 is 12.2 Å². The van der Waals surface area contributed by atoms with Crippen LogP contribution in [0.25, 0.3) is 38.7 Å². The molecule has 62 heavy (non-hydrogen) atoms. The molecule has 3 aliphatic heterocycles. The zero-order valence-corrected chi connectivity index (χ0v) is 36.1. The second-order valence-electron chi connectivity index (χ2n) is 17.7. The number of nitrogens with one attached hydrogen (secondary N) is 3. The van der Waals surface area contributed by atoms with Crippen molar-refractivity contribution in [2.24, 2.45) is 28.7 Å². The molecule has 1 saturated carbocycles. The van der Waals surface area contributed by atoms with E-state index in [1.54, 1.807) is 11.1 Å². The fourth-order valence-electron chi connectivity index (χ4n) is 9.83. The largest absolute Gasteiger partial charge is 0.453 e. The molecule has 1 unspecified atom stereocenters. The van der Waals surface area contributed by atoms with Crippen LogP contribution in [0.5, 0.6) is 0 Å². The van der Waals surface area contributed by atoms with Crippen molar-refractivity contribution in [1.82, 2.24) is 30.4 Å². The first-order chi connectivity index (χ1) is 29.9. The minimum Gasteiger partial charge on any atom is -0.453 e. The molecule has 1 aromatic heterocycles. The second kappa shape index (κ2) is 17.5. The Morgan fingerprint density at radius 3 is 2.06 bits per heavy atom. The number of aliphatic imine (C=N–C) groups is 1. The van der Waals surface area contributed by atoms with E-state index in [1.165, 1.54) is 14.2 Å². The van der Waals surface area contributed by atoms with Gasteiger partial charge in [0.25, 0.3) is 0 Å². The molecule has 3 fully saturated rings. The third-order valence-corrected chi connectivity index (χ3v) is 13.1. The third-order valence-electron chi connectivity index (χ3n) is 13.1. The smallest absolute Gasteiger partial charge is 0.407 e. The first-order valence-corrected chi connectivity index (χ1v) is 21.5. The van der Waals surface area contributed by atoms with Crippen molar-refractivity contribution in [2.75, 3.05) is 20.8 Å². The Morgan fingerprint density at radius 1 is 0.806 bits per heavy atom. The van der Waals surface area contributed by atoms with Gasteiger partial charge in [0.05, 0.1) is 50.2 Å². The number of imidazole rings is 1. The topological polar surface area (TPSA) is 182 Å². The first-order valence-electron chi connectivity index (χ1n) is 21.5. The molecule has 8 rings (SSSR count). The van der Waals surface area contributed by atoms with Crippen LogP contribution in [0.3, 0.4) is 0 Å². The molecule has 2 saturated heterocycles. The van der Waals surface area contributed by atoms with Crippen LogP contribution in [0, 0.1) is 35.0 Å². The molecule has 2 bridgehead atoms. The summed E-state index contributed by atoms with van der Waals surface area (Å²) in [6.07, 6.45) is 6.54. The van der Waals surface area contributed by atoms with Crippen molar-refractivity contribution < 1.29 is 28.7 Å². The van der Waals surface area contributed by atoms with Gasteiger partial charge < -0.3 is 34.9 Å². The molecule has 4 amide bonds. The van der Waals surface area contributed by atoms with E-state index >= 15 is 0 Å². The standard InChI is InChI=1S/C48H54N8O6/c1-26(2)41(53-47(59)61-5)45(57)55-25-28(22-49)17-40(55)44-51-24-39(52-44)34-14-13-32-18-31(11-12-33(32)19-34)29-7-9-30(10-8-29)36-21-38(50-23-36)43-35-15-16-37(20-35)56(43)46(58)42(27(3)4)54-48(60)62-6/h7-14,18-19,23-24,26-28,35,37,40-43H,15-17,20-21,25H2,1-6H3,(H,51,52)(H,53,59)(H,54,60)/t28?,35-,37+,40-,41-,42-,43-/m0/s1. The number of H-pyrrole nitrogens is 1. The van der Waals surface area contributed by atoms with Crippen molar-refractivity contribution in [2.45, 2.75) is 90.0 Å². The van der Waals surface area contributed by atoms with E-state index in [1.807, 2.05) is 44.9 Å². The zero-order valence-electron chi connectivity index (χ0n) is 36.1. The molecule has 0 spiro atoms. The van der Waals surface area contributed by atoms with Crippen LogP contribution in [0.4, 0.5) is 9.59 Å². The van der Waals surface area contributed by atoms with Gasteiger partial charge in [0, 0.05) is 36.5 Å². The summed E-state index contributed by atoms with van der Waals surface area (Å²) in [7, 11) is 2.57. The Labute approximate surface area is 361 Å². The van der Waals surface area contributed by atoms with Crippen molar-refractivity contribution in [3.8, 4) is 28.5 Å². The SMILES string of the molecule is COC(=O)N[C@H](C(=O)N1CC(C#N)C[C@H]1c1ncc(-c2ccc3cc(-c4ccc(C5=CN=C([C@@H]6[C@H]7CC[C@H](C7)N6C(=O)[C@@H](NC(=O)OC)C(C)C)C5)cc4)ccc3c2)[nH]1)C(C)C. The number of hydrogen-bond donors (Lipinski definition) is 3. The summed E-state index contributed by atoms with van der Waals surface area (Å²) in [5.74, 6) is -0.0234. The third kappa shape index (κ3) is 8.15. The lowest BCUT2D eigenvalue weighted by molar-refractivity contribution is -0.137. The predicted molar refractivity (Wildman–Crippen MR) is 235 cm³/mol. The average molecular weight is 839 g/mol. The summed E-state index contributed by atoms with van der Waals surface area (Å²) in [5.41, 5.74) is 7.15. The average Bonchev–Trinajstić information content (AvgIpc) is 4.15. The van der Waals surface area contributed by atoms with Crippen LogP contribution < -0.4 is 10.6 Å². The van der Waals surface area contributed by atoms with Gasteiger partial charge in [0.2, 0.25) is 11.8 Å². The van der Waals surface area contributed by atoms with Gasteiger partial charge in [0.15, 0.2) is 0 Å². The maximum Gasteiger partial charge on any atom is 0.407 e. The van der Waals surface area contributed by atoms with Crippen LogP contribution >= 0.6 is 0 Å². The minimum atomic E-state index is -0.806. The molecule has 4 aliphatic rings. The van der Waals surface area contributed by atoms with Crippen molar-refractivity contribution in [3.05, 3.63) is 84.4 Å². The molecular weight excluding hydrogens is 785 g/mol. The number of amides is 4. The van der Waals surface area contributed by atoms with E-state index in [2.05, 4.69) is 81.3 Å². The number of nitriles is 1. The number of alkyl carbamates (subject to hydrolysis) is 2. The van der Waals surface area contributed by atoms with Gasteiger partial charge in [-0.05, 0) is 88.6 Å². The molecule has 3 N–H and O–H groups in total. The Kier molecular flexibility index (Phi) is 11.9. The summed E-state index contributed by atoms with van der Waals surface area (Å²) in [4.78, 5) is 68.6. The van der Waals surface area contributed by atoms with Crippen LogP contribution in [0.15, 0.2) is 78.1 Å². The molecule has 3 aromatic carbocycles. The van der Waals surface area contributed by atoms with Gasteiger partial charge in [-0.3, -0.25) is 14.6 Å². The Morgan fingerprint density at radius 2 is 1.42 bits per heavy atom. The van der Waals surface area contributed by atoms with Gasteiger partial charge in [-0.15, -0.1) is 0 Å². The molecular formula is C48H54N8O6. The number of piperidine rings is 1. The highest BCUT2D eigenvalue weighted by atomic mass is 16.5. The van der Waals surface area contributed by atoms with Crippen LogP contribution in [0.2, 0.25) is 0 Å². The van der Waals surface area contributed by atoms with Gasteiger partial charge in [-0.2, -0.15) is 5.26 Å². The number of benzene rings is 3. The van der Waals surface area contributed by atoms with E-state index in [0.717, 1.165) is 69.3 Å². The molecule has 0 radical (unpaired) electrons. The summed E-state index contributed by atoms with van der Waals surface area (Å²) in [6, 6.07) is 21.7. The fraction of sp³-hybridized carbons (Fsp3) is 0.438. The number of rotatable bonds is 11. The number of allylic oxidation sites excluding steroid dienone is 1. The van der Waals surface area contributed by atoms with E-state index in [9.17, 15) is 24.4 Å². The van der Waals surface area contributed by atoms with E-state index in [4.69, 9.17) is 14.5 Å². The highest BCUT2D eigenvalue weighted by Gasteiger charge is 2.52. The molecule has 7 atom stereocenters. The normalized spacial score (nSPS) is 22.7. The Bertz CT molecular complexity index is 2480. The van der Waals surface area contributed by atoms with Crippen LogP contribution in [0.1, 0.15) is 77.2 Å². The van der Waals surface area contributed by atoms with E-state index in [-0.39, 0.29) is 48.2 Å². The maximum absolute atomic E-state index is 14.0. The highest BCUT2D eigenvalue weighted by Crippen LogP contribution is 2.46. The monoisotopic (exact) mass is 838 g/mol. The number of hydrogen-bond acceptors (Lipinski definition) is 9. The van der Waals surface area contributed by atoms with E-state index in [0.29, 0.717) is 24.6 Å². The molecule has 14 heteroatoms. The molecule has 4 aromatic rings. The number of likely N-dealkylation sites (tertiary alicyclic amines) is 2. The summed E-state index contributed by atoms with van der Waals surface area (Å²) >= 11 is 0. The van der Waals surface area contributed by atoms with Crippen LogP contribution in [-0.4, -0.2) is 94.4 Å². The fourth-order valence-corrected chi connectivity index (χ4v) is 9.83. The number of aromatic nitrogens is 2. The predicted octanol–water partition coefficient (Wildman–Crippen LogP) is 7.64. The molecule has 14 nitrogen and oxygen atoms in total. The lowest BCUT2D eigenvalue weighted by atomic mass is 9.89. The molecule has 4 heterocycles. The highest BCUT2D eigenvalue weighted by molar-refractivity contribution is 6.04. The summed E-state index contributed by atoms with van der Waals surface area (Å²) < 4.78 is 9.60. The maximum atomic E-state index is 14.0. The number of fused-ring (bicyclic) bond motifs is 3.